The van der Waals surface area contributed by atoms with Gasteiger partial charge in [0.1, 0.15) is 0 Å². The van der Waals surface area contributed by atoms with Gasteiger partial charge in [0.05, 0.1) is 0 Å². The van der Waals surface area contributed by atoms with Gasteiger partial charge in [-0.05, 0) is 0 Å². The van der Waals surface area contributed by atoms with Crippen LogP contribution in [0.4, 0.5) is 0 Å². The van der Waals surface area contributed by atoms with Crippen molar-refractivity contribution in [3.8, 4) is 5.75 Å². The number of ether oxygens (including phenoxy) is 1. The predicted octanol–water partition coefficient (Wildman–Crippen LogP) is 0.736. The number of methoxy groups -OCH3 is 1. The molecule has 0 aliphatic heterocycles. The average Bonchev–Trinajstić information content (AvgIpc) is 2.05. The summed E-state index contributed by atoms with van der Waals surface area (Å²) in [5.74, 6) is 0.788. The van der Waals surface area contributed by atoms with Crippen molar-refractivity contribution < 1.29 is 9.53 Å². The van der Waals surface area contributed by atoms with E-state index in [4.69, 9.17) is 4.74 Å². The van der Waals surface area contributed by atoms with Crippen molar-refractivity contribution in [2.45, 2.75) is 0 Å². The summed E-state index contributed by atoms with van der Waals surface area (Å²) in [6, 6.07) is 7.16. The molecule has 1 rings (SSSR count). The van der Waals surface area contributed by atoms with Crippen molar-refractivity contribution in [2.75, 3.05) is 7.11 Å². The second-order valence-electron chi connectivity index (χ2n) is 2.09. The van der Waals surface area contributed by atoms with E-state index in [0.29, 0.717) is 22.5 Å². The first kappa shape index (κ1) is 8.58. The first-order valence-corrected chi connectivity index (χ1v) is 4.82. The molecule has 0 amide bonds. The first-order chi connectivity index (χ1) is 5.24. The Kier molecular flexibility index (Phi) is 2.93. The zero-order valence-corrected chi connectivity index (χ0v) is 9.50. The fourth-order valence-corrected chi connectivity index (χ4v) is 1.30. The van der Waals surface area contributed by atoms with Crippen LogP contribution in [0.15, 0.2) is 24.3 Å². The van der Waals surface area contributed by atoms with Gasteiger partial charge in [-0.15, -0.1) is 0 Å². The molecule has 0 saturated carbocycles. The second-order valence-corrected chi connectivity index (χ2v) is 3.59. The summed E-state index contributed by atoms with van der Waals surface area (Å²) in [6.07, 6.45) is 0. The van der Waals surface area contributed by atoms with Gasteiger partial charge in [0.2, 0.25) is 0 Å². The van der Waals surface area contributed by atoms with Gasteiger partial charge in [-0.2, -0.15) is 0 Å². The van der Waals surface area contributed by atoms with Crippen LogP contribution in [-0.4, -0.2) is 33.4 Å². The third kappa shape index (κ3) is 2.22. The Morgan fingerprint density at radius 3 is 2.27 bits per heavy atom. The zero-order chi connectivity index (χ0) is 8.27. The van der Waals surface area contributed by atoms with E-state index >= 15 is 0 Å². The van der Waals surface area contributed by atoms with Crippen molar-refractivity contribution in [1.29, 1.82) is 0 Å². The standard InChI is InChI=1S/C8H7O2.Sn.H/c1-10-8-4-2-7(6-9)3-5-8;;/h2-5H,1H3;;. The molecule has 0 aliphatic rings. The number of hydrogen-bond donors (Lipinski definition) is 0. The van der Waals surface area contributed by atoms with E-state index in [9.17, 15) is 4.79 Å². The molecule has 0 bridgehead atoms. The Balaban J connectivity index is 2.91. The van der Waals surface area contributed by atoms with Gasteiger partial charge in [0.15, 0.2) is 0 Å². The molecule has 0 unspecified atom stereocenters. The summed E-state index contributed by atoms with van der Waals surface area (Å²) in [5, 5.41) is 0. The summed E-state index contributed by atoms with van der Waals surface area (Å²) in [6.45, 7) is 0. The van der Waals surface area contributed by atoms with E-state index in [0.717, 1.165) is 11.3 Å². The minimum absolute atomic E-state index is 0.207. The number of carbonyl (C=O) groups is 1. The number of rotatable bonds is 2. The summed E-state index contributed by atoms with van der Waals surface area (Å²) in [4.78, 5) is 10.9. The van der Waals surface area contributed by atoms with Gasteiger partial charge < -0.3 is 0 Å². The van der Waals surface area contributed by atoms with Crippen LogP contribution >= 0.6 is 0 Å². The monoisotopic (exact) mass is 256 g/mol. The van der Waals surface area contributed by atoms with E-state index in [-0.39, 0.29) is 3.80 Å². The van der Waals surface area contributed by atoms with Gasteiger partial charge in [-0.25, -0.2) is 0 Å². The van der Waals surface area contributed by atoms with Crippen LogP contribution in [0.25, 0.3) is 0 Å². The van der Waals surface area contributed by atoms with Crippen LogP contribution in [0.5, 0.6) is 5.75 Å². The van der Waals surface area contributed by atoms with Crippen molar-refractivity contribution in [3.63, 3.8) is 0 Å². The molecule has 11 heavy (non-hydrogen) atoms. The van der Waals surface area contributed by atoms with Crippen LogP contribution < -0.4 is 4.74 Å². The molecule has 1 aromatic carbocycles. The Morgan fingerprint density at radius 1 is 1.36 bits per heavy atom. The predicted molar refractivity (Wildman–Crippen MR) is 44.5 cm³/mol. The van der Waals surface area contributed by atoms with E-state index in [2.05, 4.69) is 0 Å². The molecule has 1 aromatic rings. The quantitative estimate of drug-likeness (QED) is 0.728. The summed E-state index contributed by atoms with van der Waals surface area (Å²) < 4.78 is 5.15. The molecule has 0 fully saturated rings. The Bertz CT molecular complexity index is 253. The number of hydrogen-bond acceptors (Lipinski definition) is 2. The fourth-order valence-electron chi connectivity index (χ4n) is 0.755. The summed E-state index contributed by atoms with van der Waals surface area (Å²) in [7, 11) is 1.61. The fraction of sp³-hybridized carbons (Fsp3) is 0.125. The van der Waals surface area contributed by atoms with Gasteiger partial charge in [-0.1, -0.05) is 0 Å². The molecule has 0 N–H and O–H groups in total. The van der Waals surface area contributed by atoms with Crippen molar-refractivity contribution in [2.24, 2.45) is 0 Å². The third-order valence-electron chi connectivity index (χ3n) is 1.37. The molecule has 2 nitrogen and oxygen atoms in total. The maximum absolute atomic E-state index is 10.9. The molecule has 0 atom stereocenters. The molecule has 0 spiro atoms. The molecule has 0 aliphatic carbocycles. The molecule has 56 valence electrons. The van der Waals surface area contributed by atoms with E-state index < -0.39 is 0 Å². The third-order valence-corrected chi connectivity index (χ3v) is 2.33. The minimum atomic E-state index is 0.207. The van der Waals surface area contributed by atoms with Crippen LogP contribution in [-0.2, 0) is 0 Å². The zero-order valence-electron chi connectivity index (χ0n) is 6.20. The molecular formula is C8H8O2Sn. The molecular weight excluding hydrogens is 247 g/mol. The maximum atomic E-state index is 10.9. The van der Waals surface area contributed by atoms with Crippen molar-refractivity contribution in [3.05, 3.63) is 29.8 Å². The Morgan fingerprint density at radius 2 is 1.91 bits per heavy atom. The molecule has 0 aromatic heterocycles. The molecule has 2 radical (unpaired) electrons. The van der Waals surface area contributed by atoms with Crippen molar-refractivity contribution >= 4 is 26.3 Å². The van der Waals surface area contributed by atoms with E-state index in [1.165, 1.54) is 0 Å². The van der Waals surface area contributed by atoms with E-state index in [1.807, 2.05) is 0 Å². The van der Waals surface area contributed by atoms with Gasteiger partial charge in [0.25, 0.3) is 0 Å². The second kappa shape index (κ2) is 3.76. The van der Waals surface area contributed by atoms with Crippen LogP contribution in [0.2, 0.25) is 0 Å². The first-order valence-electron chi connectivity index (χ1n) is 3.18. The average molecular weight is 255 g/mol. The molecule has 3 heteroatoms. The SMILES string of the molecule is COc1ccc([C](=O)[SnH])cc1. The Hall–Kier alpha value is -0.511. The number of benzene rings is 1. The Labute approximate surface area is 78.6 Å². The van der Waals surface area contributed by atoms with Gasteiger partial charge >= 0.3 is 78.5 Å². The summed E-state index contributed by atoms with van der Waals surface area (Å²) in [5.41, 5.74) is 0.771. The normalized spacial score (nSPS) is 9.27. The van der Waals surface area contributed by atoms with Crippen LogP contribution in [0.3, 0.4) is 0 Å². The molecule has 0 saturated heterocycles. The van der Waals surface area contributed by atoms with Crippen molar-refractivity contribution in [1.82, 2.24) is 0 Å². The topological polar surface area (TPSA) is 26.3 Å². The van der Waals surface area contributed by atoms with Crippen LogP contribution in [0.1, 0.15) is 10.4 Å². The van der Waals surface area contributed by atoms with Gasteiger partial charge in [0, 0.05) is 0 Å². The van der Waals surface area contributed by atoms with Crippen LogP contribution in [0, 0.1) is 0 Å². The van der Waals surface area contributed by atoms with Gasteiger partial charge in [-0.3, -0.25) is 0 Å². The molecule has 0 heterocycles. The van der Waals surface area contributed by atoms with E-state index in [1.54, 1.807) is 31.4 Å². The number of carbonyl (C=O) groups excluding carboxylic acids is 1. The summed E-state index contributed by atoms with van der Waals surface area (Å²) >= 11 is 0.638.